The third-order valence-electron chi connectivity index (χ3n) is 8.45. The molecule has 2 aromatic rings. The van der Waals surface area contributed by atoms with Gasteiger partial charge in [-0.2, -0.15) is 0 Å². The van der Waals surface area contributed by atoms with Crippen LogP contribution in [0.4, 0.5) is 0 Å². The number of aliphatic hydroxyl groups is 8. The van der Waals surface area contributed by atoms with E-state index < -0.39 is 36.6 Å². The molecule has 12 nitrogen and oxygen atoms in total. The SMILES string of the molecule is CNCCCCc1ccc(-c2ccc(CCC(=O)OCCCCN(CC(O)C(O)C(O)CCO)CC(O)C(O)C(O)CCO)cc2)cc1.[BH]. The van der Waals surface area contributed by atoms with Crippen LogP contribution in [0.15, 0.2) is 48.5 Å². The van der Waals surface area contributed by atoms with Crippen LogP contribution in [0.1, 0.15) is 56.1 Å². The minimum Gasteiger partial charge on any atom is -0.466 e. The van der Waals surface area contributed by atoms with Crippen molar-refractivity contribution in [1.82, 2.24) is 10.2 Å². The van der Waals surface area contributed by atoms with E-state index in [-0.39, 0.29) is 73.1 Å². The van der Waals surface area contributed by atoms with Gasteiger partial charge >= 0.3 is 5.97 Å². The Labute approximate surface area is 293 Å². The summed E-state index contributed by atoms with van der Waals surface area (Å²) in [7, 11) is 1.97. The van der Waals surface area contributed by atoms with Gasteiger partial charge in [0, 0.05) is 41.1 Å². The van der Waals surface area contributed by atoms with Crippen LogP contribution in [0.5, 0.6) is 0 Å². The molecule has 0 heterocycles. The molecule has 0 aliphatic carbocycles. The summed E-state index contributed by atoms with van der Waals surface area (Å²) >= 11 is 0. The number of hydrogen-bond acceptors (Lipinski definition) is 12. The third kappa shape index (κ3) is 17.4. The Bertz CT molecular complexity index is 1100. The highest BCUT2D eigenvalue weighted by molar-refractivity contribution is 5.75. The van der Waals surface area contributed by atoms with E-state index in [1.54, 1.807) is 4.90 Å². The Kier molecular flexibility index (Phi) is 23.2. The van der Waals surface area contributed by atoms with E-state index in [9.17, 15) is 35.4 Å². The van der Waals surface area contributed by atoms with Crippen molar-refractivity contribution in [2.45, 2.75) is 94.4 Å². The van der Waals surface area contributed by atoms with Gasteiger partial charge in [0.25, 0.3) is 0 Å². The van der Waals surface area contributed by atoms with Gasteiger partial charge in [0.2, 0.25) is 0 Å². The van der Waals surface area contributed by atoms with Crippen LogP contribution in [0.3, 0.4) is 0 Å². The lowest BCUT2D eigenvalue weighted by atomic mass is 10.00. The third-order valence-corrected chi connectivity index (χ3v) is 8.45. The second kappa shape index (κ2) is 25.5. The number of ether oxygens (including phenoxy) is 1. The van der Waals surface area contributed by atoms with Crippen molar-refractivity contribution in [1.29, 1.82) is 0 Å². The monoisotopic (exact) mass is 690 g/mol. The van der Waals surface area contributed by atoms with Gasteiger partial charge in [0.15, 0.2) is 0 Å². The molecule has 0 bridgehead atoms. The van der Waals surface area contributed by atoms with Crippen molar-refractivity contribution in [3.05, 3.63) is 59.7 Å². The fraction of sp³-hybridized carbons (Fsp3) is 0.639. The van der Waals surface area contributed by atoms with E-state index in [2.05, 4.69) is 41.7 Å². The van der Waals surface area contributed by atoms with E-state index in [0.29, 0.717) is 19.3 Å². The maximum atomic E-state index is 12.4. The molecule has 6 unspecified atom stereocenters. The smallest absolute Gasteiger partial charge is 0.306 e. The van der Waals surface area contributed by atoms with Gasteiger partial charge in [-0.05, 0) is 93.8 Å². The van der Waals surface area contributed by atoms with Crippen LogP contribution in [-0.2, 0) is 22.4 Å². The molecule has 0 saturated heterocycles. The first-order valence-corrected chi connectivity index (χ1v) is 17.1. The molecule has 276 valence electrons. The quantitative estimate of drug-likeness (QED) is 0.0356. The number of aryl methyl sites for hydroxylation is 2. The number of aliphatic hydroxyl groups excluding tert-OH is 8. The van der Waals surface area contributed by atoms with E-state index in [1.165, 1.54) is 5.56 Å². The molecule has 0 spiro atoms. The molecular formula is C36H59BN2O10. The average molecular weight is 691 g/mol. The largest absolute Gasteiger partial charge is 0.466 e. The standard InChI is InChI=1S/C36H58N2O10.BH/c1-37-19-3-2-6-26-7-12-28(13-8-26)29-14-9-27(10-15-29)11-16-34(45)48-23-5-4-20-38(24-32(43)35(46)30(41)17-21-39)25-33(44)36(47)31(42)18-22-40;/h7-10,12-15,30-33,35-37,39-44,46-47H,2-6,11,16-25H2,1H3;1H. The molecule has 6 atom stereocenters. The van der Waals surface area contributed by atoms with E-state index in [1.807, 2.05) is 19.2 Å². The molecule has 0 aliphatic rings. The van der Waals surface area contributed by atoms with Crippen molar-refractivity contribution in [2.24, 2.45) is 0 Å². The normalized spacial score (nSPS) is 15.2. The van der Waals surface area contributed by atoms with Crippen LogP contribution < -0.4 is 5.32 Å². The van der Waals surface area contributed by atoms with Gasteiger partial charge in [-0.3, -0.25) is 9.69 Å². The molecule has 2 rings (SSSR count). The number of carbonyl (C=O) groups excluding carboxylic acids is 1. The van der Waals surface area contributed by atoms with Gasteiger partial charge in [0.1, 0.15) is 12.2 Å². The molecule has 0 amide bonds. The maximum Gasteiger partial charge on any atom is 0.306 e. The van der Waals surface area contributed by atoms with E-state index in [4.69, 9.17) is 14.9 Å². The summed E-state index contributed by atoms with van der Waals surface area (Å²) in [5, 5.41) is 82.4. The highest BCUT2D eigenvalue weighted by Gasteiger charge is 2.30. The molecule has 2 aromatic carbocycles. The molecule has 2 radical (unpaired) electrons. The number of hydrogen-bond donors (Lipinski definition) is 9. The molecule has 49 heavy (non-hydrogen) atoms. The number of unbranched alkanes of at least 4 members (excludes halogenated alkanes) is 2. The first-order chi connectivity index (χ1) is 23.1. The van der Waals surface area contributed by atoms with Crippen molar-refractivity contribution in [3.8, 4) is 11.1 Å². The Morgan fingerprint density at radius 1 is 0.694 bits per heavy atom. The molecule has 9 N–H and O–H groups in total. The second-order valence-corrected chi connectivity index (χ2v) is 12.4. The predicted octanol–water partition coefficient (Wildman–Crippen LogP) is -0.265. The molecule has 0 fully saturated rings. The summed E-state index contributed by atoms with van der Waals surface area (Å²) in [5.74, 6) is -0.325. The van der Waals surface area contributed by atoms with Crippen molar-refractivity contribution in [2.75, 3.05) is 53.0 Å². The second-order valence-electron chi connectivity index (χ2n) is 12.4. The molecule has 0 saturated carbocycles. The predicted molar refractivity (Wildman–Crippen MR) is 190 cm³/mol. The summed E-state index contributed by atoms with van der Waals surface area (Å²) in [6, 6.07) is 16.8. The minimum absolute atomic E-state index is 0. The van der Waals surface area contributed by atoms with Crippen molar-refractivity contribution in [3.63, 3.8) is 0 Å². The van der Waals surface area contributed by atoms with Crippen molar-refractivity contribution >= 4 is 14.4 Å². The average Bonchev–Trinajstić information content (AvgIpc) is 3.08. The Morgan fingerprint density at radius 3 is 1.65 bits per heavy atom. The van der Waals surface area contributed by atoms with E-state index >= 15 is 0 Å². The lowest BCUT2D eigenvalue weighted by Crippen LogP contribution is -2.50. The lowest BCUT2D eigenvalue weighted by Gasteiger charge is -2.32. The zero-order valence-corrected chi connectivity index (χ0v) is 28.9. The van der Waals surface area contributed by atoms with Gasteiger partial charge in [-0.25, -0.2) is 0 Å². The summed E-state index contributed by atoms with van der Waals surface area (Å²) in [4.78, 5) is 13.9. The number of esters is 1. The van der Waals surface area contributed by atoms with Crippen LogP contribution in [0.2, 0.25) is 0 Å². The lowest BCUT2D eigenvalue weighted by molar-refractivity contribution is -0.143. The first kappa shape index (κ1) is 44.6. The Hall–Kier alpha value is -2.43. The van der Waals surface area contributed by atoms with Crippen LogP contribution in [0, 0.1) is 0 Å². The highest BCUT2D eigenvalue weighted by Crippen LogP contribution is 2.22. The Balaban J connectivity index is 0.0000120. The molecule has 0 aliphatic heterocycles. The molecular weight excluding hydrogens is 631 g/mol. The van der Waals surface area contributed by atoms with Crippen LogP contribution >= 0.6 is 0 Å². The fourth-order valence-electron chi connectivity index (χ4n) is 5.42. The minimum atomic E-state index is -1.55. The summed E-state index contributed by atoms with van der Waals surface area (Å²) in [6.45, 7) is 0.375. The number of carbonyl (C=O) groups is 1. The van der Waals surface area contributed by atoms with Crippen LogP contribution in [0.25, 0.3) is 11.1 Å². The highest BCUT2D eigenvalue weighted by atomic mass is 16.5. The number of nitrogens with one attached hydrogen (secondary N) is 1. The van der Waals surface area contributed by atoms with Gasteiger partial charge in [-0.15, -0.1) is 0 Å². The number of nitrogens with zero attached hydrogens (tertiary/aromatic N) is 1. The zero-order chi connectivity index (χ0) is 35.3. The maximum absolute atomic E-state index is 12.4. The topological polar surface area (TPSA) is 203 Å². The fourth-order valence-corrected chi connectivity index (χ4v) is 5.42. The summed E-state index contributed by atoms with van der Waals surface area (Å²) in [6.07, 6.45) is -3.80. The molecule has 0 aromatic heterocycles. The molecule has 13 heteroatoms. The first-order valence-electron chi connectivity index (χ1n) is 17.1. The zero-order valence-electron chi connectivity index (χ0n) is 28.9. The number of benzene rings is 2. The summed E-state index contributed by atoms with van der Waals surface area (Å²) in [5.41, 5.74) is 4.62. The van der Waals surface area contributed by atoms with Gasteiger partial charge in [0.05, 0.1) is 31.0 Å². The summed E-state index contributed by atoms with van der Waals surface area (Å²) < 4.78 is 5.39. The van der Waals surface area contributed by atoms with Crippen molar-refractivity contribution < 1.29 is 50.4 Å². The Morgan fingerprint density at radius 2 is 1.18 bits per heavy atom. The van der Waals surface area contributed by atoms with Crippen LogP contribution in [-0.4, -0.2) is 150 Å². The van der Waals surface area contributed by atoms with Gasteiger partial charge in [-0.1, -0.05) is 48.5 Å². The number of rotatable bonds is 26. The van der Waals surface area contributed by atoms with E-state index in [0.717, 1.165) is 42.5 Å². The van der Waals surface area contributed by atoms with Gasteiger partial charge < -0.3 is 50.9 Å².